The summed E-state index contributed by atoms with van der Waals surface area (Å²) in [6.45, 7) is 19.2. The average molecular weight is 928 g/mol. The van der Waals surface area contributed by atoms with Crippen LogP contribution in [0.3, 0.4) is 0 Å². The van der Waals surface area contributed by atoms with Gasteiger partial charge >= 0.3 is 0 Å². The van der Waals surface area contributed by atoms with Crippen LogP contribution in [0.25, 0.3) is 42.1 Å². The molecule has 0 N–H and O–H groups in total. The molecule has 3 aliphatic heterocycles. The first-order valence-corrected chi connectivity index (χ1v) is 26.3. The number of furan rings is 1. The first-order chi connectivity index (χ1) is 33.7. The van der Waals surface area contributed by atoms with Crippen LogP contribution in [0.4, 0.5) is 45.5 Å². The number of anilines is 8. The lowest BCUT2D eigenvalue weighted by Gasteiger charge is -2.51. The predicted molar refractivity (Wildman–Crippen MR) is 301 cm³/mol. The van der Waals surface area contributed by atoms with Gasteiger partial charge in [-0.2, -0.15) is 0 Å². The Balaban J connectivity index is 1.17. The van der Waals surface area contributed by atoms with Crippen molar-refractivity contribution in [2.24, 2.45) is 0 Å². The highest BCUT2D eigenvalue weighted by Gasteiger charge is 2.58. The molecule has 0 radical (unpaired) electrons. The minimum absolute atomic E-state index is 0.0121. The summed E-state index contributed by atoms with van der Waals surface area (Å²) in [5.41, 5.74) is 19.5. The topological polar surface area (TPSA) is 22.9 Å². The summed E-state index contributed by atoms with van der Waals surface area (Å²) in [6, 6.07) is 60.6. The number of nitrogens with zero attached hydrogens (tertiary/aromatic N) is 3. The van der Waals surface area contributed by atoms with Crippen LogP contribution in [0.1, 0.15) is 97.8 Å². The van der Waals surface area contributed by atoms with E-state index in [0.717, 1.165) is 34.0 Å². The molecule has 8 aromatic carbocycles. The van der Waals surface area contributed by atoms with E-state index >= 15 is 0 Å². The maximum Gasteiger partial charge on any atom is 0.252 e. The van der Waals surface area contributed by atoms with Crippen molar-refractivity contribution in [3.8, 4) is 0 Å². The van der Waals surface area contributed by atoms with Crippen LogP contribution in [0, 0.1) is 0 Å². The third-order valence-electron chi connectivity index (χ3n) is 17.3. The van der Waals surface area contributed by atoms with Gasteiger partial charge in [0.1, 0.15) is 11.2 Å². The minimum atomic E-state index is -0.146. The third-order valence-corrected chi connectivity index (χ3v) is 18.4. The van der Waals surface area contributed by atoms with E-state index < -0.39 is 0 Å². The normalized spacial score (nSPS) is 19.5. The number of rotatable bonds is 3. The van der Waals surface area contributed by atoms with E-state index in [-0.39, 0.29) is 28.5 Å². The molecule has 2 unspecified atom stereocenters. The average Bonchev–Trinajstić information content (AvgIpc) is 3.99. The Morgan fingerprint density at radius 2 is 1.06 bits per heavy atom. The van der Waals surface area contributed by atoms with Crippen molar-refractivity contribution in [2.45, 2.75) is 103 Å². The highest BCUT2D eigenvalue weighted by Crippen LogP contribution is 2.62. The summed E-state index contributed by atoms with van der Waals surface area (Å²) in [4.78, 5) is 8.13. The minimum Gasteiger partial charge on any atom is -0.456 e. The van der Waals surface area contributed by atoms with Gasteiger partial charge in [0.05, 0.1) is 22.3 Å². The van der Waals surface area contributed by atoms with Crippen LogP contribution in [0.5, 0.6) is 0 Å². The quantitative estimate of drug-likeness (QED) is 0.165. The molecule has 70 heavy (non-hydrogen) atoms. The smallest absolute Gasteiger partial charge is 0.252 e. The Morgan fingerprint density at radius 1 is 0.500 bits per heavy atom. The van der Waals surface area contributed by atoms with Gasteiger partial charge in [0, 0.05) is 65.1 Å². The summed E-state index contributed by atoms with van der Waals surface area (Å²) in [5, 5.41) is 4.88. The van der Waals surface area contributed by atoms with Crippen LogP contribution in [0.15, 0.2) is 162 Å². The number of hydrogen-bond acceptors (Lipinski definition) is 5. The van der Waals surface area contributed by atoms with Gasteiger partial charge in [-0.3, -0.25) is 0 Å². The maximum atomic E-state index is 6.73. The molecule has 0 bridgehead atoms. The summed E-state index contributed by atoms with van der Waals surface area (Å²) in [5.74, 6) is 0. The lowest BCUT2D eigenvalue weighted by molar-refractivity contribution is 0.195. The highest BCUT2D eigenvalue weighted by molar-refractivity contribution is 7.26. The molecule has 344 valence electrons. The maximum absolute atomic E-state index is 6.73. The van der Waals surface area contributed by atoms with E-state index in [0.29, 0.717) is 0 Å². The first-order valence-electron chi connectivity index (χ1n) is 25.5. The predicted octanol–water partition coefficient (Wildman–Crippen LogP) is 16.4. The lowest BCUT2D eigenvalue weighted by Crippen LogP contribution is -2.61. The Labute approximate surface area is 416 Å². The van der Waals surface area contributed by atoms with E-state index in [1.807, 2.05) is 11.3 Å². The molecule has 1 saturated carbocycles. The molecule has 2 atom stereocenters. The van der Waals surface area contributed by atoms with E-state index in [1.165, 1.54) is 112 Å². The van der Waals surface area contributed by atoms with Gasteiger partial charge in [-0.15, -0.1) is 11.3 Å². The summed E-state index contributed by atoms with van der Waals surface area (Å²) < 4.78 is 9.35. The van der Waals surface area contributed by atoms with Crippen molar-refractivity contribution in [3.63, 3.8) is 0 Å². The van der Waals surface area contributed by atoms with Gasteiger partial charge in [-0.05, 0) is 130 Å². The van der Waals surface area contributed by atoms with Crippen molar-refractivity contribution < 1.29 is 4.42 Å². The highest BCUT2D eigenvalue weighted by atomic mass is 32.1. The van der Waals surface area contributed by atoms with E-state index in [1.54, 1.807) is 0 Å². The molecule has 0 amide bonds. The third kappa shape index (κ3) is 5.66. The van der Waals surface area contributed by atoms with Crippen LogP contribution in [0.2, 0.25) is 0 Å². The summed E-state index contributed by atoms with van der Waals surface area (Å²) >= 11 is 1.90. The Morgan fingerprint density at radius 3 is 1.76 bits per heavy atom. The number of fused-ring (bicyclic) bond motifs is 13. The van der Waals surface area contributed by atoms with Crippen LogP contribution in [-0.2, 0) is 16.2 Å². The van der Waals surface area contributed by atoms with Gasteiger partial charge < -0.3 is 19.1 Å². The monoisotopic (exact) mass is 927 g/mol. The first kappa shape index (κ1) is 42.2. The fourth-order valence-electron chi connectivity index (χ4n) is 13.5. The Hall–Kier alpha value is -6.76. The van der Waals surface area contributed by atoms with Crippen molar-refractivity contribution in [3.05, 3.63) is 174 Å². The zero-order valence-electron chi connectivity index (χ0n) is 41.6. The van der Waals surface area contributed by atoms with Gasteiger partial charge in [0.25, 0.3) is 6.71 Å². The van der Waals surface area contributed by atoms with Crippen molar-refractivity contribution >= 4 is 122 Å². The van der Waals surface area contributed by atoms with Crippen LogP contribution in [-0.4, -0.2) is 12.3 Å². The Bertz CT molecular complexity index is 3640. The van der Waals surface area contributed by atoms with Gasteiger partial charge in [0.2, 0.25) is 0 Å². The molecule has 0 spiro atoms. The van der Waals surface area contributed by atoms with Crippen molar-refractivity contribution in [1.82, 2.24) is 0 Å². The van der Waals surface area contributed by atoms with Crippen LogP contribution >= 0.6 is 11.3 Å². The van der Waals surface area contributed by atoms with Crippen molar-refractivity contribution in [2.75, 3.05) is 14.7 Å². The molecular weight excluding hydrogens is 870 g/mol. The van der Waals surface area contributed by atoms with E-state index in [4.69, 9.17) is 4.42 Å². The SMILES string of the molecule is CC(C)(C)c1ccc2c(c1)N(c1cccc3oc4ccccc4c13)c1cc(N3c4ccccc4C4(C)CCCCC34C)cc3c1B2c1ccc(C(C)(C)C)cc1N3c1cccc2sc3ccccc3c12. The summed E-state index contributed by atoms with van der Waals surface area (Å²) in [7, 11) is 0. The molecule has 0 saturated heterocycles. The molecule has 6 heteroatoms. The fraction of sp³-hybridized carbons (Fsp3) is 0.250. The summed E-state index contributed by atoms with van der Waals surface area (Å²) in [6.07, 6.45) is 4.75. The fourth-order valence-corrected chi connectivity index (χ4v) is 14.7. The zero-order chi connectivity index (χ0) is 47.6. The van der Waals surface area contributed by atoms with Gasteiger partial charge in [-0.25, -0.2) is 0 Å². The standard InChI is InChI=1S/C64H58BN3OS/c1-61(2,3)39-29-31-45-50(35-39)66(48-23-17-26-55-58(48)42-19-9-13-25-54(42)69-55)52-37-41(68-47-22-12-11-21-44(47)63(7)33-15-16-34-64(63,68)8)38-53-60(52)65(45)46-32-30-40(62(4,5)6)36-51(46)67(53)49-24-18-28-57-59(49)43-20-10-14-27-56(43)70-57/h9-14,17-32,35-38H,15-16,33-34H2,1-8H3. The molecule has 1 aliphatic carbocycles. The molecule has 4 nitrogen and oxygen atoms in total. The number of para-hydroxylation sites is 2. The number of hydrogen-bond donors (Lipinski definition) is 0. The molecule has 10 aromatic rings. The van der Waals surface area contributed by atoms with E-state index in [9.17, 15) is 0 Å². The zero-order valence-corrected chi connectivity index (χ0v) is 42.4. The Kier molecular flexibility index (Phi) is 8.68. The number of benzene rings is 8. The lowest BCUT2D eigenvalue weighted by atomic mass is 9.33. The second kappa shape index (κ2) is 14.4. The molecule has 2 aromatic heterocycles. The molecule has 14 rings (SSSR count). The molecule has 1 fully saturated rings. The van der Waals surface area contributed by atoms with E-state index in [2.05, 4.69) is 228 Å². The van der Waals surface area contributed by atoms with Crippen molar-refractivity contribution in [1.29, 1.82) is 0 Å². The van der Waals surface area contributed by atoms with Gasteiger partial charge in [-0.1, -0.05) is 152 Å². The second-order valence-electron chi connectivity index (χ2n) is 23.2. The molecule has 4 aliphatic rings. The van der Waals surface area contributed by atoms with Crippen LogP contribution < -0.4 is 31.1 Å². The molecular formula is C64H58BN3OS. The largest absolute Gasteiger partial charge is 0.456 e. The second-order valence-corrected chi connectivity index (χ2v) is 24.3. The molecule has 5 heterocycles. The number of thiophene rings is 1. The van der Waals surface area contributed by atoms with Gasteiger partial charge in [0.15, 0.2) is 0 Å².